The molecule has 2 N–H and O–H groups in total. The van der Waals surface area contributed by atoms with Gasteiger partial charge in [-0.1, -0.05) is 60.7 Å². The molecule has 0 radical (unpaired) electrons. The first-order valence-electron chi connectivity index (χ1n) is 9.29. The van der Waals surface area contributed by atoms with Crippen molar-refractivity contribution in [2.45, 2.75) is 6.16 Å². The minimum atomic E-state index is -2.02. The minimum absolute atomic E-state index is 0.302. The lowest BCUT2D eigenvalue weighted by molar-refractivity contribution is 0.628. The third-order valence-corrected chi connectivity index (χ3v) is 9.46. The van der Waals surface area contributed by atoms with Crippen LogP contribution in [-0.2, 0) is 6.16 Å². The maximum Gasteiger partial charge on any atom is 0.125 e. The second-order valence-corrected chi connectivity index (χ2v) is 10.3. The van der Waals surface area contributed by atoms with E-state index in [1.807, 2.05) is 24.3 Å². The van der Waals surface area contributed by atoms with E-state index in [0.717, 1.165) is 11.7 Å². The lowest BCUT2D eigenvalue weighted by atomic mass is 10.2. The van der Waals surface area contributed by atoms with Gasteiger partial charge in [-0.05, 0) is 48.5 Å². The molecule has 0 unspecified atom stereocenters. The highest BCUT2D eigenvalue weighted by Crippen LogP contribution is 2.58. The number of rotatable bonds is 5. The average Bonchev–Trinajstić information content (AvgIpc) is 2.75. The average molecular weight is 386 g/mol. The van der Waals surface area contributed by atoms with Gasteiger partial charge in [-0.2, -0.15) is 0 Å². The standard InChI is InChI=1S/C25H22FNP/c26-21-17-16-20(25(27)18-21)19-28(22-10-4-1-5-11-22,23-12-6-2-7-13-23)24-14-8-3-9-15-24/h1-18H,19,27H2/q+1. The number of nitrogens with two attached hydrogens (primary N) is 1. The second-order valence-electron chi connectivity index (χ2n) is 6.82. The lowest BCUT2D eigenvalue weighted by Crippen LogP contribution is -2.32. The molecular formula is C25H22FNP+. The summed E-state index contributed by atoms with van der Waals surface area (Å²) in [6.07, 6.45) is 0.747. The van der Waals surface area contributed by atoms with Crippen LogP contribution < -0.4 is 21.6 Å². The van der Waals surface area contributed by atoms with Crippen molar-refractivity contribution in [3.8, 4) is 0 Å². The molecule has 138 valence electrons. The molecule has 4 aromatic carbocycles. The Hall–Kier alpha value is -2.96. The van der Waals surface area contributed by atoms with Gasteiger partial charge in [-0.25, -0.2) is 4.39 Å². The number of benzene rings is 4. The van der Waals surface area contributed by atoms with E-state index in [2.05, 4.69) is 72.8 Å². The molecule has 28 heavy (non-hydrogen) atoms. The number of anilines is 1. The van der Waals surface area contributed by atoms with Crippen LogP contribution in [0.15, 0.2) is 109 Å². The van der Waals surface area contributed by atoms with Gasteiger partial charge >= 0.3 is 0 Å². The Bertz CT molecular complexity index is 953. The zero-order valence-corrected chi connectivity index (χ0v) is 16.4. The van der Waals surface area contributed by atoms with Crippen molar-refractivity contribution in [2.24, 2.45) is 0 Å². The van der Waals surface area contributed by atoms with Gasteiger partial charge in [0.05, 0.1) is 0 Å². The zero-order valence-electron chi connectivity index (χ0n) is 15.5. The molecule has 0 amide bonds. The van der Waals surface area contributed by atoms with Crippen LogP contribution in [0.3, 0.4) is 0 Å². The molecule has 3 heteroatoms. The molecule has 0 aromatic heterocycles. The van der Waals surface area contributed by atoms with Crippen molar-refractivity contribution in [1.29, 1.82) is 0 Å². The summed E-state index contributed by atoms with van der Waals surface area (Å²) < 4.78 is 13.7. The molecule has 4 aromatic rings. The maximum absolute atomic E-state index is 13.7. The van der Waals surface area contributed by atoms with Crippen LogP contribution in [0.1, 0.15) is 5.56 Å². The summed E-state index contributed by atoms with van der Waals surface area (Å²) in [4.78, 5) is 0. The predicted octanol–water partition coefficient (Wildman–Crippen LogP) is 4.90. The van der Waals surface area contributed by atoms with Crippen molar-refractivity contribution in [2.75, 3.05) is 5.73 Å². The molecule has 0 heterocycles. The molecule has 0 aliphatic carbocycles. The van der Waals surface area contributed by atoms with Gasteiger partial charge in [-0.3, -0.25) is 0 Å². The largest absolute Gasteiger partial charge is 0.398 e. The monoisotopic (exact) mass is 386 g/mol. The van der Waals surface area contributed by atoms with Crippen LogP contribution in [0.25, 0.3) is 0 Å². The highest BCUT2D eigenvalue weighted by molar-refractivity contribution is 7.95. The highest BCUT2D eigenvalue weighted by atomic mass is 31.2. The molecule has 0 saturated heterocycles. The van der Waals surface area contributed by atoms with Gasteiger partial charge in [0.2, 0.25) is 0 Å². The molecule has 0 aliphatic heterocycles. The lowest BCUT2D eigenvalue weighted by Gasteiger charge is -2.28. The number of halogens is 1. The van der Waals surface area contributed by atoms with Crippen LogP contribution in [0.4, 0.5) is 10.1 Å². The van der Waals surface area contributed by atoms with Crippen LogP contribution in [-0.4, -0.2) is 0 Å². The van der Waals surface area contributed by atoms with Crippen molar-refractivity contribution < 1.29 is 4.39 Å². The first-order chi connectivity index (χ1) is 13.7. The van der Waals surface area contributed by atoms with Gasteiger partial charge in [0.15, 0.2) is 0 Å². The third-order valence-electron chi connectivity index (χ3n) is 5.11. The summed E-state index contributed by atoms with van der Waals surface area (Å²) in [7, 11) is -2.02. The summed E-state index contributed by atoms with van der Waals surface area (Å²) in [5.74, 6) is -0.302. The molecule has 0 saturated carbocycles. The van der Waals surface area contributed by atoms with Gasteiger partial charge in [-0.15, -0.1) is 0 Å². The van der Waals surface area contributed by atoms with E-state index in [0.29, 0.717) is 5.69 Å². The normalized spacial score (nSPS) is 11.3. The summed E-state index contributed by atoms with van der Waals surface area (Å²) in [5, 5.41) is 3.86. The molecule has 0 spiro atoms. The number of nitrogen functional groups attached to an aromatic ring is 1. The molecular weight excluding hydrogens is 364 g/mol. The Labute approximate surface area is 166 Å². The van der Waals surface area contributed by atoms with Crippen LogP contribution in [0.2, 0.25) is 0 Å². The van der Waals surface area contributed by atoms with Crippen molar-refractivity contribution in [1.82, 2.24) is 0 Å². The topological polar surface area (TPSA) is 26.0 Å². The first-order valence-corrected chi connectivity index (χ1v) is 11.3. The quantitative estimate of drug-likeness (QED) is 0.383. The van der Waals surface area contributed by atoms with E-state index in [-0.39, 0.29) is 5.82 Å². The van der Waals surface area contributed by atoms with E-state index in [4.69, 9.17) is 5.73 Å². The Morgan fingerprint density at radius 2 is 1.04 bits per heavy atom. The highest BCUT2D eigenvalue weighted by Gasteiger charge is 2.45. The van der Waals surface area contributed by atoms with Gasteiger partial charge in [0.1, 0.15) is 35.2 Å². The second kappa shape index (κ2) is 7.96. The summed E-state index contributed by atoms with van der Waals surface area (Å²) in [6, 6.07) is 36.6. The van der Waals surface area contributed by atoms with Crippen molar-refractivity contribution in [3.63, 3.8) is 0 Å². The molecule has 0 atom stereocenters. The zero-order chi connectivity index (χ0) is 19.4. The molecule has 4 rings (SSSR count). The number of hydrogen-bond donors (Lipinski definition) is 1. The van der Waals surface area contributed by atoms with E-state index in [1.54, 1.807) is 0 Å². The Morgan fingerprint density at radius 3 is 1.43 bits per heavy atom. The van der Waals surface area contributed by atoms with Crippen molar-refractivity contribution in [3.05, 3.63) is 121 Å². The molecule has 0 bridgehead atoms. The van der Waals surface area contributed by atoms with Crippen molar-refractivity contribution >= 4 is 28.9 Å². The fourth-order valence-electron chi connectivity index (χ4n) is 3.73. The Balaban J connectivity index is 2.01. The third kappa shape index (κ3) is 3.44. The van der Waals surface area contributed by atoms with E-state index < -0.39 is 7.26 Å². The summed E-state index contributed by atoms with van der Waals surface area (Å²) >= 11 is 0. The fraction of sp³-hybridized carbons (Fsp3) is 0.0400. The van der Waals surface area contributed by atoms with E-state index in [1.165, 1.54) is 28.0 Å². The maximum atomic E-state index is 13.7. The number of hydrogen-bond acceptors (Lipinski definition) is 1. The minimum Gasteiger partial charge on any atom is -0.398 e. The SMILES string of the molecule is Nc1cc(F)ccc1C[P+](c1ccccc1)(c1ccccc1)c1ccccc1. The molecule has 0 aliphatic rings. The van der Waals surface area contributed by atoms with E-state index in [9.17, 15) is 4.39 Å². The Morgan fingerprint density at radius 1 is 0.607 bits per heavy atom. The Kier molecular flexibility index (Phi) is 5.23. The smallest absolute Gasteiger partial charge is 0.125 e. The first kappa shape index (κ1) is 18.4. The molecule has 1 nitrogen and oxygen atoms in total. The van der Waals surface area contributed by atoms with Gasteiger partial charge in [0.25, 0.3) is 0 Å². The summed E-state index contributed by atoms with van der Waals surface area (Å²) in [5.41, 5.74) is 7.73. The van der Waals surface area contributed by atoms with Gasteiger partial charge < -0.3 is 5.73 Å². The summed E-state index contributed by atoms with van der Waals surface area (Å²) in [6.45, 7) is 0. The predicted molar refractivity (Wildman–Crippen MR) is 120 cm³/mol. The van der Waals surface area contributed by atoms with Crippen LogP contribution in [0, 0.1) is 5.82 Å². The van der Waals surface area contributed by atoms with Gasteiger partial charge in [0, 0.05) is 11.3 Å². The van der Waals surface area contributed by atoms with Crippen LogP contribution in [0.5, 0.6) is 0 Å². The van der Waals surface area contributed by atoms with E-state index >= 15 is 0 Å². The fourth-order valence-corrected chi connectivity index (χ4v) is 8.02. The molecule has 0 fully saturated rings. The van der Waals surface area contributed by atoms with Crippen LogP contribution >= 0.6 is 7.26 Å².